The fourth-order valence-corrected chi connectivity index (χ4v) is 4.50. The lowest BCUT2D eigenvalue weighted by Crippen LogP contribution is -2.09. The van der Waals surface area contributed by atoms with Crippen LogP contribution in [0.2, 0.25) is 0 Å². The Morgan fingerprint density at radius 1 is 1.31 bits per heavy atom. The number of esters is 1. The number of nitrogens with zero attached hydrogens (tertiary/aromatic N) is 3. The number of rotatable bonds is 7. The van der Waals surface area contributed by atoms with Gasteiger partial charge in [0.1, 0.15) is 21.9 Å². The molecule has 29 heavy (non-hydrogen) atoms. The summed E-state index contributed by atoms with van der Waals surface area (Å²) in [6.07, 6.45) is 0. The molecule has 0 unspecified atom stereocenters. The van der Waals surface area contributed by atoms with Gasteiger partial charge in [0.15, 0.2) is 0 Å². The molecule has 148 valence electrons. The topological polar surface area (TPSA) is 85.1 Å². The molecule has 2 aromatic heterocycles. The number of methoxy groups -OCH3 is 1. The van der Waals surface area contributed by atoms with Gasteiger partial charge < -0.3 is 9.47 Å². The third-order valence-corrected chi connectivity index (χ3v) is 5.99. The summed E-state index contributed by atoms with van der Waals surface area (Å²) in [6, 6.07) is 11.4. The Balaban J connectivity index is 1.79. The normalized spacial score (nSPS) is 10.4. The summed E-state index contributed by atoms with van der Waals surface area (Å²) in [5.41, 5.74) is 3.04. The van der Waals surface area contributed by atoms with Gasteiger partial charge in [0.2, 0.25) is 0 Å². The maximum Gasteiger partial charge on any atom is 0.340 e. The van der Waals surface area contributed by atoms with Crippen molar-refractivity contribution in [1.82, 2.24) is 9.97 Å². The first kappa shape index (κ1) is 20.8. The third-order valence-electron chi connectivity index (χ3n) is 4.04. The zero-order chi connectivity index (χ0) is 20.8. The molecule has 0 saturated carbocycles. The summed E-state index contributed by atoms with van der Waals surface area (Å²) in [5.74, 6) is 0.872. The minimum absolute atomic E-state index is 0.273. The lowest BCUT2D eigenvalue weighted by atomic mass is 10.1. The van der Waals surface area contributed by atoms with Gasteiger partial charge in [-0.15, -0.1) is 11.3 Å². The second kappa shape index (κ2) is 9.54. The summed E-state index contributed by atoms with van der Waals surface area (Å²) in [4.78, 5) is 21.2. The molecule has 0 bridgehead atoms. The van der Waals surface area contributed by atoms with Gasteiger partial charge in [0.05, 0.1) is 41.8 Å². The van der Waals surface area contributed by atoms with E-state index in [9.17, 15) is 10.1 Å². The number of para-hydroxylation sites is 1. The minimum Gasteiger partial charge on any atom is -0.496 e. The molecular weight excluding hydrogens is 406 g/mol. The number of thiazole rings is 1. The van der Waals surface area contributed by atoms with Crippen LogP contribution < -0.4 is 4.74 Å². The van der Waals surface area contributed by atoms with Gasteiger partial charge in [0, 0.05) is 11.1 Å². The minimum atomic E-state index is -0.466. The number of thioether (sulfide) groups is 1. The highest BCUT2D eigenvalue weighted by Gasteiger charge is 2.17. The Morgan fingerprint density at radius 3 is 2.83 bits per heavy atom. The summed E-state index contributed by atoms with van der Waals surface area (Å²) in [6.45, 7) is 3.75. The van der Waals surface area contributed by atoms with Crippen LogP contribution >= 0.6 is 23.1 Å². The first-order valence-corrected chi connectivity index (χ1v) is 10.7. The van der Waals surface area contributed by atoms with Crippen molar-refractivity contribution < 1.29 is 14.3 Å². The Morgan fingerprint density at radius 2 is 2.10 bits per heavy atom. The van der Waals surface area contributed by atoms with E-state index in [-0.39, 0.29) is 6.61 Å². The molecule has 0 aliphatic carbocycles. The van der Waals surface area contributed by atoms with Crippen LogP contribution in [0.4, 0.5) is 0 Å². The van der Waals surface area contributed by atoms with E-state index in [1.807, 2.05) is 29.6 Å². The Labute approximate surface area is 177 Å². The van der Waals surface area contributed by atoms with Crippen molar-refractivity contribution in [3.8, 4) is 22.4 Å². The van der Waals surface area contributed by atoms with Crippen molar-refractivity contribution in [3.63, 3.8) is 0 Å². The molecule has 0 radical (unpaired) electrons. The summed E-state index contributed by atoms with van der Waals surface area (Å²) in [5, 5.41) is 12.9. The van der Waals surface area contributed by atoms with Gasteiger partial charge in [-0.3, -0.25) is 0 Å². The first-order valence-electron chi connectivity index (χ1n) is 8.86. The number of benzene rings is 1. The molecule has 2 heterocycles. The monoisotopic (exact) mass is 425 g/mol. The molecule has 0 atom stereocenters. The molecule has 0 fully saturated rings. The fourth-order valence-electron chi connectivity index (χ4n) is 2.65. The van der Waals surface area contributed by atoms with Gasteiger partial charge in [-0.2, -0.15) is 5.26 Å². The van der Waals surface area contributed by atoms with Crippen molar-refractivity contribution in [2.75, 3.05) is 13.7 Å². The van der Waals surface area contributed by atoms with Crippen LogP contribution in [0.5, 0.6) is 5.75 Å². The van der Waals surface area contributed by atoms with E-state index in [2.05, 4.69) is 16.0 Å². The standard InChI is InChI=1S/C21H19N3O3S2/c1-4-27-21(25)17-9-14(10-22)19(23-13(17)2)28-11-15-12-29-20(24-15)16-7-5-6-8-18(16)26-3/h5-9,12H,4,11H2,1-3H3. The number of aromatic nitrogens is 2. The van der Waals surface area contributed by atoms with Crippen molar-refractivity contribution in [2.45, 2.75) is 24.6 Å². The smallest absolute Gasteiger partial charge is 0.340 e. The number of hydrogen-bond donors (Lipinski definition) is 0. The molecule has 3 rings (SSSR count). The third kappa shape index (κ3) is 4.75. The first-order chi connectivity index (χ1) is 14.1. The Kier molecular flexibility index (Phi) is 6.86. The SMILES string of the molecule is CCOC(=O)c1cc(C#N)c(SCc2csc(-c3ccccc3OC)n2)nc1C. The average molecular weight is 426 g/mol. The molecule has 0 saturated heterocycles. The highest BCUT2D eigenvalue weighted by atomic mass is 32.2. The molecule has 0 spiro atoms. The van der Waals surface area contributed by atoms with Gasteiger partial charge in [0.25, 0.3) is 0 Å². The van der Waals surface area contributed by atoms with Crippen LogP contribution in [0.1, 0.15) is 34.2 Å². The van der Waals surface area contributed by atoms with E-state index in [1.165, 1.54) is 11.8 Å². The number of carbonyl (C=O) groups excluding carboxylic acids is 1. The van der Waals surface area contributed by atoms with E-state index < -0.39 is 5.97 Å². The number of aryl methyl sites for hydroxylation is 1. The predicted molar refractivity (Wildman–Crippen MR) is 113 cm³/mol. The van der Waals surface area contributed by atoms with Crippen molar-refractivity contribution in [3.05, 3.63) is 58.2 Å². The lowest BCUT2D eigenvalue weighted by Gasteiger charge is -2.08. The van der Waals surface area contributed by atoms with Crippen molar-refractivity contribution in [2.24, 2.45) is 0 Å². The highest BCUT2D eigenvalue weighted by Crippen LogP contribution is 2.33. The second-order valence-corrected chi connectivity index (χ2v) is 7.76. The van der Waals surface area contributed by atoms with Crippen LogP contribution in [0.25, 0.3) is 10.6 Å². The van der Waals surface area contributed by atoms with E-state index in [0.717, 1.165) is 22.0 Å². The molecule has 0 aliphatic heterocycles. The van der Waals surface area contributed by atoms with Crippen LogP contribution in [0.15, 0.2) is 40.7 Å². The number of pyridine rings is 1. The Bertz CT molecular complexity index is 1070. The van der Waals surface area contributed by atoms with Crippen LogP contribution in [0.3, 0.4) is 0 Å². The van der Waals surface area contributed by atoms with E-state index in [1.54, 1.807) is 38.4 Å². The summed E-state index contributed by atoms with van der Waals surface area (Å²) >= 11 is 2.96. The summed E-state index contributed by atoms with van der Waals surface area (Å²) < 4.78 is 10.4. The fraction of sp³-hybridized carbons (Fsp3) is 0.238. The van der Waals surface area contributed by atoms with Crippen LogP contribution in [-0.2, 0) is 10.5 Å². The number of carbonyl (C=O) groups is 1. The van der Waals surface area contributed by atoms with E-state index >= 15 is 0 Å². The largest absolute Gasteiger partial charge is 0.496 e. The van der Waals surface area contributed by atoms with Gasteiger partial charge in [-0.25, -0.2) is 14.8 Å². The van der Waals surface area contributed by atoms with Crippen LogP contribution in [-0.4, -0.2) is 29.7 Å². The average Bonchev–Trinajstić information content (AvgIpc) is 3.21. The van der Waals surface area contributed by atoms with Gasteiger partial charge in [-0.05, 0) is 32.0 Å². The van der Waals surface area contributed by atoms with Crippen molar-refractivity contribution in [1.29, 1.82) is 5.26 Å². The molecular formula is C21H19N3O3S2. The predicted octanol–water partition coefficient (Wildman–Crippen LogP) is 4.86. The molecule has 6 nitrogen and oxygen atoms in total. The summed E-state index contributed by atoms with van der Waals surface area (Å²) in [7, 11) is 1.64. The highest BCUT2D eigenvalue weighted by molar-refractivity contribution is 7.98. The number of nitriles is 1. The molecule has 8 heteroatoms. The van der Waals surface area contributed by atoms with Crippen LogP contribution in [0, 0.1) is 18.3 Å². The quantitative estimate of drug-likeness (QED) is 0.394. The maximum absolute atomic E-state index is 12.0. The van der Waals surface area contributed by atoms with E-state index in [4.69, 9.17) is 9.47 Å². The van der Waals surface area contributed by atoms with Gasteiger partial charge in [-0.1, -0.05) is 23.9 Å². The van der Waals surface area contributed by atoms with Gasteiger partial charge >= 0.3 is 5.97 Å². The zero-order valence-electron chi connectivity index (χ0n) is 16.3. The molecule has 3 aromatic rings. The number of hydrogen-bond acceptors (Lipinski definition) is 8. The molecule has 0 aliphatic rings. The molecule has 0 N–H and O–H groups in total. The van der Waals surface area contributed by atoms with E-state index in [0.29, 0.717) is 27.6 Å². The Hall–Kier alpha value is -2.89. The number of ether oxygens (including phenoxy) is 2. The maximum atomic E-state index is 12.0. The lowest BCUT2D eigenvalue weighted by molar-refractivity contribution is 0.0524. The zero-order valence-corrected chi connectivity index (χ0v) is 17.9. The molecule has 0 amide bonds. The molecule has 1 aromatic carbocycles. The second-order valence-electron chi connectivity index (χ2n) is 5.94. The van der Waals surface area contributed by atoms with Crippen molar-refractivity contribution >= 4 is 29.1 Å².